The van der Waals surface area contributed by atoms with Crippen molar-refractivity contribution in [2.45, 2.75) is 0 Å². The van der Waals surface area contributed by atoms with Crippen molar-refractivity contribution in [3.05, 3.63) is 48.0 Å². The molecular formula is C13H7NO2. The second-order valence-electron chi connectivity index (χ2n) is 3.42. The average molecular weight is 209 g/mol. The highest BCUT2D eigenvalue weighted by Crippen LogP contribution is 2.44. The van der Waals surface area contributed by atoms with Crippen molar-refractivity contribution in [2.75, 3.05) is 0 Å². The topological polar surface area (TPSA) is 42.2 Å². The van der Waals surface area contributed by atoms with Gasteiger partial charge in [-0.15, -0.1) is 0 Å². The minimum absolute atomic E-state index is 0.557. The average Bonchev–Trinajstić information content (AvgIpc) is 2.35. The maximum absolute atomic E-state index is 8.79. The Morgan fingerprint density at radius 1 is 0.812 bits per heavy atom. The number of nitriles is 1. The van der Waals surface area contributed by atoms with Crippen molar-refractivity contribution in [1.29, 1.82) is 5.26 Å². The minimum atomic E-state index is 0.557. The van der Waals surface area contributed by atoms with E-state index in [-0.39, 0.29) is 0 Å². The van der Waals surface area contributed by atoms with Crippen molar-refractivity contribution in [3.63, 3.8) is 0 Å². The van der Waals surface area contributed by atoms with Gasteiger partial charge in [-0.3, -0.25) is 0 Å². The summed E-state index contributed by atoms with van der Waals surface area (Å²) >= 11 is 0. The third-order valence-electron chi connectivity index (χ3n) is 2.36. The van der Waals surface area contributed by atoms with Crippen LogP contribution in [-0.4, -0.2) is 0 Å². The predicted molar refractivity (Wildman–Crippen MR) is 57.7 cm³/mol. The van der Waals surface area contributed by atoms with Gasteiger partial charge in [-0.25, -0.2) is 0 Å². The Labute approximate surface area is 92.5 Å². The van der Waals surface area contributed by atoms with E-state index in [1.807, 2.05) is 24.3 Å². The van der Waals surface area contributed by atoms with Crippen LogP contribution >= 0.6 is 0 Å². The highest BCUT2D eigenvalue weighted by Gasteiger charge is 2.17. The molecule has 0 spiro atoms. The third-order valence-corrected chi connectivity index (χ3v) is 2.36. The van der Waals surface area contributed by atoms with Gasteiger partial charge in [0, 0.05) is 6.07 Å². The van der Waals surface area contributed by atoms with Crippen molar-refractivity contribution in [3.8, 4) is 29.1 Å². The molecule has 1 aliphatic heterocycles. The van der Waals surface area contributed by atoms with E-state index in [4.69, 9.17) is 14.7 Å². The standard InChI is InChI=1S/C13H7NO2/c14-8-9-5-6-12-13(7-9)16-11-4-2-1-3-10(11)15-12/h1-7H. The summed E-state index contributed by atoms with van der Waals surface area (Å²) in [6.45, 7) is 0. The molecule has 16 heavy (non-hydrogen) atoms. The van der Waals surface area contributed by atoms with E-state index in [0.717, 1.165) is 0 Å². The quantitative estimate of drug-likeness (QED) is 0.569. The second kappa shape index (κ2) is 3.28. The molecule has 0 bridgehead atoms. The monoisotopic (exact) mass is 209 g/mol. The molecule has 0 N–H and O–H groups in total. The predicted octanol–water partition coefficient (Wildman–Crippen LogP) is 3.46. The number of para-hydroxylation sites is 2. The fourth-order valence-corrected chi connectivity index (χ4v) is 1.60. The second-order valence-corrected chi connectivity index (χ2v) is 3.42. The first-order valence-electron chi connectivity index (χ1n) is 4.86. The van der Waals surface area contributed by atoms with Gasteiger partial charge >= 0.3 is 0 Å². The molecule has 0 radical (unpaired) electrons. The van der Waals surface area contributed by atoms with Crippen LogP contribution in [0.25, 0.3) is 0 Å². The van der Waals surface area contributed by atoms with Crippen LogP contribution in [0.5, 0.6) is 23.0 Å². The molecule has 0 saturated heterocycles. The molecule has 3 heteroatoms. The first-order valence-corrected chi connectivity index (χ1v) is 4.86. The highest BCUT2D eigenvalue weighted by molar-refractivity contribution is 5.56. The molecule has 1 aliphatic rings. The molecule has 3 rings (SSSR count). The van der Waals surface area contributed by atoms with Gasteiger partial charge in [0.25, 0.3) is 0 Å². The summed E-state index contributed by atoms with van der Waals surface area (Å²) in [6, 6.07) is 14.6. The van der Waals surface area contributed by atoms with Gasteiger partial charge < -0.3 is 9.47 Å². The number of hydrogen-bond donors (Lipinski definition) is 0. The van der Waals surface area contributed by atoms with Gasteiger partial charge in [0.15, 0.2) is 23.0 Å². The van der Waals surface area contributed by atoms with Gasteiger partial charge in [-0.1, -0.05) is 12.1 Å². The lowest BCUT2D eigenvalue weighted by Gasteiger charge is -2.20. The number of fused-ring (bicyclic) bond motifs is 2. The minimum Gasteiger partial charge on any atom is -0.450 e. The molecule has 3 nitrogen and oxygen atoms in total. The van der Waals surface area contributed by atoms with Crippen LogP contribution in [0.1, 0.15) is 5.56 Å². The van der Waals surface area contributed by atoms with E-state index in [9.17, 15) is 0 Å². The Morgan fingerprint density at radius 3 is 2.12 bits per heavy atom. The van der Waals surface area contributed by atoms with Gasteiger partial charge in [-0.2, -0.15) is 5.26 Å². The lowest BCUT2D eigenvalue weighted by Crippen LogP contribution is -1.98. The van der Waals surface area contributed by atoms with E-state index in [2.05, 4.69) is 6.07 Å². The Bertz CT molecular complexity index is 599. The zero-order chi connectivity index (χ0) is 11.0. The normalized spacial score (nSPS) is 11.4. The smallest absolute Gasteiger partial charge is 0.171 e. The summed E-state index contributed by atoms with van der Waals surface area (Å²) < 4.78 is 11.3. The van der Waals surface area contributed by atoms with Crippen LogP contribution in [0.3, 0.4) is 0 Å². The summed E-state index contributed by atoms with van der Waals surface area (Å²) in [4.78, 5) is 0. The van der Waals surface area contributed by atoms with Gasteiger partial charge in [0.05, 0.1) is 11.6 Å². The zero-order valence-corrected chi connectivity index (χ0v) is 8.31. The van der Waals surface area contributed by atoms with Crippen LogP contribution in [-0.2, 0) is 0 Å². The Morgan fingerprint density at radius 2 is 1.44 bits per heavy atom. The number of ether oxygens (including phenoxy) is 2. The molecular weight excluding hydrogens is 202 g/mol. The SMILES string of the molecule is N#Cc1ccc2c(c1)Oc1ccccc1O2. The van der Waals surface area contributed by atoms with Crippen LogP contribution in [0.2, 0.25) is 0 Å². The van der Waals surface area contributed by atoms with Crippen molar-refractivity contribution >= 4 is 0 Å². The largest absolute Gasteiger partial charge is 0.450 e. The summed E-state index contributed by atoms with van der Waals surface area (Å²) in [5.41, 5.74) is 0.557. The Hall–Kier alpha value is -2.47. The molecule has 0 atom stereocenters. The number of benzene rings is 2. The molecule has 0 aromatic heterocycles. The fraction of sp³-hybridized carbons (Fsp3) is 0. The molecule has 0 amide bonds. The van der Waals surface area contributed by atoms with Crippen LogP contribution in [0.15, 0.2) is 42.5 Å². The molecule has 0 fully saturated rings. The van der Waals surface area contributed by atoms with Crippen LogP contribution in [0.4, 0.5) is 0 Å². The highest BCUT2D eigenvalue weighted by atomic mass is 16.6. The fourth-order valence-electron chi connectivity index (χ4n) is 1.60. The Balaban J connectivity index is 2.09. The summed E-state index contributed by atoms with van der Waals surface area (Å²) in [5.74, 6) is 2.58. The van der Waals surface area contributed by atoms with E-state index in [1.165, 1.54) is 0 Å². The molecule has 1 heterocycles. The number of nitrogens with zero attached hydrogens (tertiary/aromatic N) is 1. The first kappa shape index (κ1) is 8.81. The molecule has 0 aliphatic carbocycles. The number of hydrogen-bond acceptors (Lipinski definition) is 3. The molecule has 0 unspecified atom stereocenters. The van der Waals surface area contributed by atoms with Gasteiger partial charge in [0.2, 0.25) is 0 Å². The Kier molecular flexibility index (Phi) is 1.81. The number of rotatable bonds is 0. The molecule has 0 saturated carbocycles. The molecule has 2 aromatic carbocycles. The maximum Gasteiger partial charge on any atom is 0.171 e. The molecule has 2 aromatic rings. The van der Waals surface area contributed by atoms with E-state index < -0.39 is 0 Å². The summed E-state index contributed by atoms with van der Waals surface area (Å²) in [5, 5.41) is 8.79. The van der Waals surface area contributed by atoms with Crippen molar-refractivity contribution in [1.82, 2.24) is 0 Å². The van der Waals surface area contributed by atoms with Gasteiger partial charge in [0.1, 0.15) is 0 Å². The van der Waals surface area contributed by atoms with Crippen LogP contribution < -0.4 is 9.47 Å². The van der Waals surface area contributed by atoms with E-state index in [1.54, 1.807) is 18.2 Å². The lowest BCUT2D eigenvalue weighted by atomic mass is 10.2. The lowest BCUT2D eigenvalue weighted by molar-refractivity contribution is 0.359. The van der Waals surface area contributed by atoms with Crippen LogP contribution in [0, 0.1) is 11.3 Å². The first-order chi connectivity index (χ1) is 7.86. The maximum atomic E-state index is 8.79. The summed E-state index contributed by atoms with van der Waals surface area (Å²) in [6.07, 6.45) is 0. The van der Waals surface area contributed by atoms with Crippen molar-refractivity contribution in [2.24, 2.45) is 0 Å². The van der Waals surface area contributed by atoms with Crippen molar-refractivity contribution < 1.29 is 9.47 Å². The van der Waals surface area contributed by atoms with Gasteiger partial charge in [-0.05, 0) is 24.3 Å². The molecule has 76 valence electrons. The zero-order valence-electron chi connectivity index (χ0n) is 8.31. The third kappa shape index (κ3) is 1.29. The summed E-state index contributed by atoms with van der Waals surface area (Å²) in [7, 11) is 0. The van der Waals surface area contributed by atoms with E-state index >= 15 is 0 Å². The van der Waals surface area contributed by atoms with E-state index in [0.29, 0.717) is 28.6 Å².